The molecular weight excluding hydrogens is 236 g/mol. The van der Waals surface area contributed by atoms with Crippen LogP contribution in [0.3, 0.4) is 0 Å². The van der Waals surface area contributed by atoms with Gasteiger partial charge in [0.05, 0.1) is 6.04 Å². The first kappa shape index (κ1) is 16.2. The second-order valence-electron chi connectivity index (χ2n) is 5.53. The van der Waals surface area contributed by atoms with Crippen LogP contribution in [0.2, 0.25) is 0 Å². The molecule has 1 aliphatic carbocycles. The van der Waals surface area contributed by atoms with Gasteiger partial charge in [-0.1, -0.05) is 31.4 Å². The zero-order valence-corrected chi connectivity index (χ0v) is 12.6. The summed E-state index contributed by atoms with van der Waals surface area (Å²) >= 11 is 0. The third-order valence-corrected chi connectivity index (χ3v) is 3.75. The summed E-state index contributed by atoms with van der Waals surface area (Å²) < 4.78 is 0. The maximum Gasteiger partial charge on any atom is 0.236 e. The van der Waals surface area contributed by atoms with Crippen LogP contribution in [-0.4, -0.2) is 25.0 Å². The molecule has 0 aromatic carbocycles. The molecule has 2 N–H and O–H groups in total. The van der Waals surface area contributed by atoms with Crippen molar-refractivity contribution >= 4 is 5.91 Å². The van der Waals surface area contributed by atoms with Gasteiger partial charge in [-0.2, -0.15) is 0 Å². The van der Waals surface area contributed by atoms with Crippen LogP contribution in [0.15, 0.2) is 11.6 Å². The molecular formula is C16H30N2O. The van der Waals surface area contributed by atoms with Crippen LogP contribution in [0.25, 0.3) is 0 Å². The number of rotatable bonds is 9. The molecule has 0 aromatic heterocycles. The first-order valence-electron chi connectivity index (χ1n) is 7.93. The van der Waals surface area contributed by atoms with Gasteiger partial charge in [0, 0.05) is 6.54 Å². The SMILES string of the molecule is CCCCCNC(=O)C(C)NCCC1=CCCCC1. The molecule has 3 heteroatoms. The molecule has 0 spiro atoms. The molecule has 1 unspecified atom stereocenters. The van der Waals surface area contributed by atoms with Crippen LogP contribution in [-0.2, 0) is 4.79 Å². The number of nitrogens with one attached hydrogen (secondary N) is 2. The zero-order chi connectivity index (χ0) is 13.9. The summed E-state index contributed by atoms with van der Waals surface area (Å²) in [5, 5.41) is 6.31. The highest BCUT2D eigenvalue weighted by molar-refractivity contribution is 5.81. The Bertz CT molecular complexity index is 286. The number of hydrogen-bond acceptors (Lipinski definition) is 2. The molecule has 19 heavy (non-hydrogen) atoms. The van der Waals surface area contributed by atoms with Gasteiger partial charge in [-0.15, -0.1) is 0 Å². The minimum absolute atomic E-state index is 0.0779. The lowest BCUT2D eigenvalue weighted by Crippen LogP contribution is -2.42. The molecule has 0 heterocycles. The minimum atomic E-state index is -0.0779. The molecule has 1 atom stereocenters. The van der Waals surface area contributed by atoms with Crippen LogP contribution in [0.1, 0.15) is 65.2 Å². The van der Waals surface area contributed by atoms with E-state index < -0.39 is 0 Å². The Hall–Kier alpha value is -0.830. The zero-order valence-electron chi connectivity index (χ0n) is 12.6. The maximum absolute atomic E-state index is 11.8. The molecule has 0 aromatic rings. The molecule has 0 aliphatic heterocycles. The minimum Gasteiger partial charge on any atom is -0.355 e. The Morgan fingerprint density at radius 3 is 2.84 bits per heavy atom. The van der Waals surface area contributed by atoms with E-state index in [1.807, 2.05) is 6.92 Å². The lowest BCUT2D eigenvalue weighted by Gasteiger charge is -2.16. The van der Waals surface area contributed by atoms with Gasteiger partial charge in [-0.25, -0.2) is 0 Å². The van der Waals surface area contributed by atoms with Gasteiger partial charge in [-0.05, 0) is 52.0 Å². The van der Waals surface area contributed by atoms with E-state index in [1.165, 1.54) is 38.5 Å². The Kier molecular flexibility index (Phi) is 8.55. The van der Waals surface area contributed by atoms with E-state index >= 15 is 0 Å². The highest BCUT2D eigenvalue weighted by Gasteiger charge is 2.11. The van der Waals surface area contributed by atoms with Crippen LogP contribution >= 0.6 is 0 Å². The molecule has 1 aliphatic rings. The lowest BCUT2D eigenvalue weighted by atomic mass is 9.97. The van der Waals surface area contributed by atoms with Gasteiger partial charge >= 0.3 is 0 Å². The van der Waals surface area contributed by atoms with E-state index in [0.717, 1.165) is 25.9 Å². The highest BCUT2D eigenvalue weighted by Crippen LogP contribution is 2.19. The summed E-state index contributed by atoms with van der Waals surface area (Å²) in [6.07, 6.45) is 12.1. The predicted molar refractivity (Wildman–Crippen MR) is 81.2 cm³/mol. The fourth-order valence-corrected chi connectivity index (χ4v) is 2.41. The third-order valence-electron chi connectivity index (χ3n) is 3.75. The summed E-state index contributed by atoms with van der Waals surface area (Å²) in [7, 11) is 0. The fourth-order valence-electron chi connectivity index (χ4n) is 2.41. The summed E-state index contributed by atoms with van der Waals surface area (Å²) in [6.45, 7) is 5.84. The molecule has 0 bridgehead atoms. The first-order chi connectivity index (χ1) is 9.24. The highest BCUT2D eigenvalue weighted by atomic mass is 16.2. The average molecular weight is 266 g/mol. The van der Waals surface area contributed by atoms with Crippen LogP contribution in [0.5, 0.6) is 0 Å². The van der Waals surface area contributed by atoms with Crippen molar-refractivity contribution in [3.05, 3.63) is 11.6 Å². The van der Waals surface area contributed by atoms with Crippen molar-refractivity contribution in [1.29, 1.82) is 0 Å². The van der Waals surface area contributed by atoms with Crippen molar-refractivity contribution in [3.63, 3.8) is 0 Å². The Morgan fingerprint density at radius 2 is 2.16 bits per heavy atom. The molecule has 3 nitrogen and oxygen atoms in total. The standard InChI is InChI=1S/C16H30N2O/c1-3-4-8-12-18-16(19)14(2)17-13-11-15-9-6-5-7-10-15/h9,14,17H,3-8,10-13H2,1-2H3,(H,18,19). The Labute approximate surface area is 118 Å². The molecule has 1 amide bonds. The van der Waals surface area contributed by atoms with Crippen molar-refractivity contribution in [3.8, 4) is 0 Å². The van der Waals surface area contributed by atoms with Gasteiger partial charge < -0.3 is 10.6 Å². The molecule has 0 fully saturated rings. The van der Waals surface area contributed by atoms with Crippen LogP contribution in [0, 0.1) is 0 Å². The number of amides is 1. The summed E-state index contributed by atoms with van der Waals surface area (Å²) in [4.78, 5) is 11.8. The number of carbonyl (C=O) groups is 1. The van der Waals surface area contributed by atoms with E-state index in [-0.39, 0.29) is 11.9 Å². The van der Waals surface area contributed by atoms with Gasteiger partial charge in [0.1, 0.15) is 0 Å². The van der Waals surface area contributed by atoms with Gasteiger partial charge in [0.15, 0.2) is 0 Å². The van der Waals surface area contributed by atoms with Crippen LogP contribution in [0.4, 0.5) is 0 Å². The number of carbonyl (C=O) groups excluding carboxylic acids is 1. The second kappa shape index (κ2) is 10.0. The van der Waals surface area contributed by atoms with Gasteiger partial charge in [0.2, 0.25) is 5.91 Å². The molecule has 0 radical (unpaired) electrons. The van der Waals surface area contributed by atoms with Crippen molar-refractivity contribution in [1.82, 2.24) is 10.6 Å². The van der Waals surface area contributed by atoms with E-state index in [0.29, 0.717) is 0 Å². The lowest BCUT2D eigenvalue weighted by molar-refractivity contribution is -0.122. The quantitative estimate of drug-likeness (QED) is 0.497. The van der Waals surface area contributed by atoms with E-state index in [4.69, 9.17) is 0 Å². The van der Waals surface area contributed by atoms with Crippen molar-refractivity contribution in [2.24, 2.45) is 0 Å². The molecule has 0 saturated carbocycles. The second-order valence-corrected chi connectivity index (χ2v) is 5.53. The molecule has 1 rings (SSSR count). The van der Waals surface area contributed by atoms with Crippen molar-refractivity contribution in [2.75, 3.05) is 13.1 Å². The maximum atomic E-state index is 11.8. The third kappa shape index (κ3) is 7.36. The van der Waals surface area contributed by atoms with E-state index in [9.17, 15) is 4.79 Å². The predicted octanol–water partition coefficient (Wildman–Crippen LogP) is 3.16. The Morgan fingerprint density at radius 1 is 1.32 bits per heavy atom. The topological polar surface area (TPSA) is 41.1 Å². The largest absolute Gasteiger partial charge is 0.355 e. The van der Waals surface area contributed by atoms with E-state index in [1.54, 1.807) is 5.57 Å². The first-order valence-corrected chi connectivity index (χ1v) is 7.93. The van der Waals surface area contributed by atoms with Gasteiger partial charge in [-0.3, -0.25) is 4.79 Å². The molecule has 0 saturated heterocycles. The van der Waals surface area contributed by atoms with Crippen molar-refractivity contribution in [2.45, 2.75) is 71.3 Å². The van der Waals surface area contributed by atoms with Gasteiger partial charge in [0.25, 0.3) is 0 Å². The number of hydrogen-bond donors (Lipinski definition) is 2. The Balaban J connectivity index is 2.07. The summed E-state index contributed by atoms with van der Waals surface area (Å²) in [5.74, 6) is 0.133. The van der Waals surface area contributed by atoms with E-state index in [2.05, 4.69) is 23.6 Å². The summed E-state index contributed by atoms with van der Waals surface area (Å²) in [5.41, 5.74) is 1.56. The molecule has 110 valence electrons. The normalized spacial score (nSPS) is 16.8. The smallest absolute Gasteiger partial charge is 0.236 e. The number of unbranched alkanes of at least 4 members (excludes halogenated alkanes) is 2. The fraction of sp³-hybridized carbons (Fsp3) is 0.812. The summed E-state index contributed by atoms with van der Waals surface area (Å²) in [6, 6.07) is -0.0779. The van der Waals surface area contributed by atoms with Crippen molar-refractivity contribution < 1.29 is 4.79 Å². The number of allylic oxidation sites excluding steroid dienone is 1. The monoisotopic (exact) mass is 266 g/mol. The van der Waals surface area contributed by atoms with Crippen LogP contribution < -0.4 is 10.6 Å². The average Bonchev–Trinajstić information content (AvgIpc) is 2.44.